The maximum atomic E-state index is 13.6. The van der Waals surface area contributed by atoms with Gasteiger partial charge in [-0.15, -0.1) is 0 Å². The van der Waals surface area contributed by atoms with Gasteiger partial charge in [0, 0.05) is 0 Å². The predicted molar refractivity (Wildman–Crippen MR) is 83.8 cm³/mol. The van der Waals surface area contributed by atoms with E-state index >= 15 is 0 Å². The molecule has 20 heavy (non-hydrogen) atoms. The lowest BCUT2D eigenvalue weighted by atomic mass is 9.97. The van der Waals surface area contributed by atoms with Gasteiger partial charge in [0.1, 0.15) is 5.82 Å². The van der Waals surface area contributed by atoms with Gasteiger partial charge in [-0.05, 0) is 59.5 Å². The van der Waals surface area contributed by atoms with E-state index in [4.69, 9.17) is 5.84 Å². The highest BCUT2D eigenvalue weighted by Gasteiger charge is 2.13. The van der Waals surface area contributed by atoms with Crippen LogP contribution < -0.4 is 11.3 Å². The molecule has 0 aliphatic rings. The van der Waals surface area contributed by atoms with E-state index in [0.29, 0.717) is 4.47 Å². The maximum absolute atomic E-state index is 13.6. The molecule has 1 atom stereocenters. The molecule has 1 unspecified atom stereocenters. The smallest absolute Gasteiger partial charge is 0.137 e. The molecule has 0 bridgehead atoms. The molecule has 2 aromatic rings. The summed E-state index contributed by atoms with van der Waals surface area (Å²) in [5, 5.41) is 0. The topological polar surface area (TPSA) is 38.0 Å². The fourth-order valence-corrected chi connectivity index (χ4v) is 2.67. The third-order valence-electron chi connectivity index (χ3n) is 3.27. The van der Waals surface area contributed by atoms with Gasteiger partial charge in [-0.1, -0.05) is 35.4 Å². The van der Waals surface area contributed by atoms with Crippen LogP contribution in [0.3, 0.4) is 0 Å². The summed E-state index contributed by atoms with van der Waals surface area (Å²) < 4.78 is 14.1. The van der Waals surface area contributed by atoms with Crippen LogP contribution >= 0.6 is 15.9 Å². The molecule has 0 fully saturated rings. The van der Waals surface area contributed by atoms with E-state index < -0.39 is 0 Å². The summed E-state index contributed by atoms with van der Waals surface area (Å²) in [6, 6.07) is 11.4. The Labute approximate surface area is 127 Å². The van der Waals surface area contributed by atoms with Crippen LogP contribution in [0.15, 0.2) is 40.9 Å². The molecule has 0 heterocycles. The second-order valence-electron chi connectivity index (χ2n) is 5.09. The Morgan fingerprint density at radius 1 is 1.15 bits per heavy atom. The SMILES string of the molecule is Cc1cc(C)cc(CC(NN)c2ccc(Br)c(F)c2)c1. The number of nitrogens with two attached hydrogens (primary N) is 1. The summed E-state index contributed by atoms with van der Waals surface area (Å²) in [4.78, 5) is 0. The van der Waals surface area contributed by atoms with Crippen molar-refractivity contribution in [2.75, 3.05) is 0 Å². The molecular formula is C16H18BrFN2. The van der Waals surface area contributed by atoms with E-state index in [1.165, 1.54) is 22.8 Å². The van der Waals surface area contributed by atoms with Crippen molar-refractivity contribution in [1.82, 2.24) is 5.43 Å². The molecule has 0 radical (unpaired) electrons. The molecule has 0 amide bonds. The van der Waals surface area contributed by atoms with Crippen molar-refractivity contribution in [3.8, 4) is 0 Å². The molecule has 2 aromatic carbocycles. The summed E-state index contributed by atoms with van der Waals surface area (Å²) in [5.74, 6) is 5.36. The predicted octanol–water partition coefficient (Wildman–Crippen LogP) is 3.95. The first-order chi connectivity index (χ1) is 9.49. The Bertz CT molecular complexity index is 593. The van der Waals surface area contributed by atoms with E-state index in [-0.39, 0.29) is 11.9 Å². The van der Waals surface area contributed by atoms with Crippen molar-refractivity contribution >= 4 is 15.9 Å². The average molecular weight is 337 g/mol. The number of benzene rings is 2. The van der Waals surface area contributed by atoms with E-state index in [1.807, 2.05) is 6.07 Å². The molecule has 0 saturated carbocycles. The number of hydrazine groups is 1. The number of aryl methyl sites for hydroxylation is 2. The molecule has 0 aliphatic heterocycles. The van der Waals surface area contributed by atoms with Crippen LogP contribution in [0.2, 0.25) is 0 Å². The number of hydrogen-bond acceptors (Lipinski definition) is 2. The number of halogens is 2. The van der Waals surface area contributed by atoms with Gasteiger partial charge >= 0.3 is 0 Å². The lowest BCUT2D eigenvalue weighted by molar-refractivity contribution is 0.543. The fraction of sp³-hybridized carbons (Fsp3) is 0.250. The van der Waals surface area contributed by atoms with Gasteiger partial charge in [0.25, 0.3) is 0 Å². The number of hydrogen-bond donors (Lipinski definition) is 2. The molecule has 106 valence electrons. The summed E-state index contributed by atoms with van der Waals surface area (Å²) in [6.07, 6.45) is 0.722. The first-order valence-electron chi connectivity index (χ1n) is 6.48. The number of rotatable bonds is 4. The number of nitrogens with one attached hydrogen (secondary N) is 1. The van der Waals surface area contributed by atoms with Crippen LogP contribution in [0.4, 0.5) is 4.39 Å². The summed E-state index contributed by atoms with van der Waals surface area (Å²) >= 11 is 3.16. The van der Waals surface area contributed by atoms with Gasteiger partial charge in [-0.3, -0.25) is 11.3 Å². The van der Waals surface area contributed by atoms with Crippen molar-refractivity contribution in [1.29, 1.82) is 0 Å². The maximum Gasteiger partial charge on any atom is 0.137 e. The molecule has 0 saturated heterocycles. The van der Waals surface area contributed by atoms with E-state index in [0.717, 1.165) is 12.0 Å². The first kappa shape index (κ1) is 15.2. The molecule has 3 N–H and O–H groups in total. The van der Waals surface area contributed by atoms with Crippen molar-refractivity contribution in [3.05, 3.63) is 68.9 Å². The summed E-state index contributed by atoms with van der Waals surface area (Å²) in [7, 11) is 0. The molecule has 2 nitrogen and oxygen atoms in total. The van der Waals surface area contributed by atoms with Crippen LogP contribution in [-0.2, 0) is 6.42 Å². The standard InChI is InChI=1S/C16H18BrFN2/c1-10-5-11(2)7-12(6-10)8-16(20-19)13-3-4-14(17)15(18)9-13/h3-7,9,16,20H,8,19H2,1-2H3. The second kappa shape index (κ2) is 6.48. The normalized spacial score (nSPS) is 12.4. The molecule has 4 heteroatoms. The Morgan fingerprint density at radius 3 is 2.35 bits per heavy atom. The molecule has 0 spiro atoms. The Morgan fingerprint density at radius 2 is 1.80 bits per heavy atom. The highest BCUT2D eigenvalue weighted by Crippen LogP contribution is 2.23. The van der Waals surface area contributed by atoms with Crippen molar-refractivity contribution in [3.63, 3.8) is 0 Å². The molecule has 2 rings (SSSR count). The third kappa shape index (κ3) is 3.66. The zero-order chi connectivity index (χ0) is 14.7. The van der Waals surface area contributed by atoms with Crippen molar-refractivity contribution in [2.24, 2.45) is 5.84 Å². The highest BCUT2D eigenvalue weighted by molar-refractivity contribution is 9.10. The van der Waals surface area contributed by atoms with Crippen molar-refractivity contribution in [2.45, 2.75) is 26.3 Å². The Balaban J connectivity index is 2.26. The van der Waals surface area contributed by atoms with Crippen LogP contribution in [0.5, 0.6) is 0 Å². The van der Waals surface area contributed by atoms with Gasteiger partial charge in [0.2, 0.25) is 0 Å². The highest BCUT2D eigenvalue weighted by atomic mass is 79.9. The van der Waals surface area contributed by atoms with Gasteiger partial charge in [-0.25, -0.2) is 4.39 Å². The monoisotopic (exact) mass is 336 g/mol. The van der Waals surface area contributed by atoms with E-state index in [2.05, 4.69) is 53.4 Å². The Hall–Kier alpha value is -1.23. The van der Waals surface area contributed by atoms with E-state index in [9.17, 15) is 4.39 Å². The quantitative estimate of drug-likeness (QED) is 0.655. The Kier molecular flexibility index (Phi) is 4.91. The third-order valence-corrected chi connectivity index (χ3v) is 3.91. The lowest BCUT2D eigenvalue weighted by Crippen LogP contribution is -2.29. The van der Waals surface area contributed by atoms with Gasteiger partial charge in [-0.2, -0.15) is 0 Å². The lowest BCUT2D eigenvalue weighted by Gasteiger charge is -2.17. The summed E-state index contributed by atoms with van der Waals surface area (Å²) in [5.41, 5.74) is 7.24. The first-order valence-corrected chi connectivity index (χ1v) is 7.27. The minimum Gasteiger partial charge on any atom is -0.271 e. The van der Waals surface area contributed by atoms with Crippen LogP contribution in [0, 0.1) is 19.7 Å². The zero-order valence-corrected chi connectivity index (χ0v) is 13.2. The van der Waals surface area contributed by atoms with Gasteiger partial charge in [0.05, 0.1) is 10.5 Å². The van der Waals surface area contributed by atoms with Crippen LogP contribution in [0.25, 0.3) is 0 Å². The fourth-order valence-electron chi connectivity index (χ4n) is 2.42. The zero-order valence-electron chi connectivity index (χ0n) is 11.6. The molecule has 0 aromatic heterocycles. The minimum atomic E-state index is -0.275. The molecular weight excluding hydrogens is 319 g/mol. The average Bonchev–Trinajstić information content (AvgIpc) is 2.38. The van der Waals surface area contributed by atoms with E-state index in [1.54, 1.807) is 6.07 Å². The van der Waals surface area contributed by atoms with Crippen molar-refractivity contribution < 1.29 is 4.39 Å². The van der Waals surface area contributed by atoms with Crippen LogP contribution in [-0.4, -0.2) is 0 Å². The molecule has 0 aliphatic carbocycles. The van der Waals surface area contributed by atoms with Crippen LogP contribution in [0.1, 0.15) is 28.3 Å². The van der Waals surface area contributed by atoms with Gasteiger partial charge in [0.15, 0.2) is 0 Å². The van der Waals surface area contributed by atoms with Gasteiger partial charge < -0.3 is 0 Å². The largest absolute Gasteiger partial charge is 0.271 e. The minimum absolute atomic E-state index is 0.112. The second-order valence-corrected chi connectivity index (χ2v) is 5.95. The summed E-state index contributed by atoms with van der Waals surface area (Å²) in [6.45, 7) is 4.14.